The number of hydrogen-bond donors (Lipinski definition) is 1. The number of ether oxygens (including phenoxy) is 1. The number of aromatic nitrogens is 3. The number of thioether (sulfide) groups is 1. The molecule has 1 aliphatic heterocycles. The van der Waals surface area contributed by atoms with Gasteiger partial charge in [0.2, 0.25) is 11.1 Å². The Kier molecular flexibility index (Phi) is 5.68. The first-order chi connectivity index (χ1) is 15.7. The standard InChI is InChI=1S/C21H17N5O6S/c1-11(27)24-16-7-5-4-6-14(16)18-19(29)22-21(33-3)23-25(18)20(24)15-10-13(32-12(2)28)8-9-17(15)26(30)31/h4-10,20H,1-3H3/p+1/t20-/m1/s1. The topological polar surface area (TPSA) is 139 Å². The summed E-state index contributed by atoms with van der Waals surface area (Å²) < 4.78 is 6.44. The van der Waals surface area contributed by atoms with E-state index in [2.05, 4.69) is 10.1 Å². The minimum atomic E-state index is -1.18. The number of para-hydroxylation sites is 1. The molecule has 1 atom stereocenters. The van der Waals surface area contributed by atoms with Gasteiger partial charge in [0.25, 0.3) is 11.9 Å². The molecule has 1 N–H and O–H groups in total. The average molecular weight is 468 g/mol. The third-order valence-electron chi connectivity index (χ3n) is 5.03. The van der Waals surface area contributed by atoms with E-state index < -0.39 is 28.5 Å². The summed E-state index contributed by atoms with van der Waals surface area (Å²) >= 11 is 1.17. The molecule has 168 valence electrons. The molecule has 12 heteroatoms. The van der Waals surface area contributed by atoms with Gasteiger partial charge in [-0.2, -0.15) is 0 Å². The van der Waals surface area contributed by atoms with E-state index in [9.17, 15) is 24.5 Å². The number of esters is 1. The van der Waals surface area contributed by atoms with Crippen molar-refractivity contribution in [2.75, 3.05) is 11.2 Å². The van der Waals surface area contributed by atoms with Gasteiger partial charge in [-0.1, -0.05) is 23.9 Å². The number of nitro benzene ring substituents is 1. The SMILES string of the molecule is CSc1n[n+]2c(c(=O)[nH]1)-c1ccccc1N(C(C)=O)[C@H]2c1cc(OC(C)=O)ccc1[N+](=O)[O-]. The third kappa shape index (κ3) is 3.84. The minimum Gasteiger partial charge on any atom is -0.427 e. The lowest BCUT2D eigenvalue weighted by Gasteiger charge is -2.31. The first-order valence-corrected chi connectivity index (χ1v) is 10.9. The Morgan fingerprint density at radius 3 is 2.61 bits per heavy atom. The zero-order valence-corrected chi connectivity index (χ0v) is 18.6. The zero-order valence-electron chi connectivity index (χ0n) is 17.8. The Balaban J connectivity index is 2.11. The summed E-state index contributed by atoms with van der Waals surface area (Å²) in [5.74, 6) is -0.979. The second-order valence-corrected chi connectivity index (χ2v) is 7.90. The number of rotatable bonds is 4. The van der Waals surface area contributed by atoms with Gasteiger partial charge in [-0.15, -0.1) is 0 Å². The molecule has 1 aromatic heterocycles. The zero-order chi connectivity index (χ0) is 23.9. The molecule has 4 rings (SSSR count). The summed E-state index contributed by atoms with van der Waals surface area (Å²) in [6.45, 7) is 2.52. The van der Waals surface area contributed by atoms with Gasteiger partial charge >= 0.3 is 17.2 Å². The van der Waals surface area contributed by atoms with Gasteiger partial charge in [-0.3, -0.25) is 29.5 Å². The molecule has 0 saturated heterocycles. The number of hydrogen-bond acceptors (Lipinski definition) is 8. The van der Waals surface area contributed by atoms with Gasteiger partial charge < -0.3 is 4.74 Å². The molecular formula is C21H18N5O6S+. The van der Waals surface area contributed by atoms with E-state index in [1.165, 1.54) is 53.4 Å². The second kappa shape index (κ2) is 8.47. The van der Waals surface area contributed by atoms with E-state index >= 15 is 0 Å². The highest BCUT2D eigenvalue weighted by Gasteiger charge is 2.47. The number of amides is 1. The average Bonchev–Trinajstić information content (AvgIpc) is 2.76. The maximum absolute atomic E-state index is 13.1. The lowest BCUT2D eigenvalue weighted by atomic mass is 10.0. The van der Waals surface area contributed by atoms with Gasteiger partial charge in [0.05, 0.1) is 16.2 Å². The lowest BCUT2D eigenvalue weighted by Crippen LogP contribution is -2.60. The molecule has 1 amide bonds. The Bertz CT molecular complexity index is 1370. The Morgan fingerprint density at radius 2 is 1.97 bits per heavy atom. The molecule has 0 saturated carbocycles. The Labute approximate surface area is 191 Å². The maximum Gasteiger partial charge on any atom is 0.325 e. The van der Waals surface area contributed by atoms with Crippen LogP contribution >= 0.6 is 11.8 Å². The minimum absolute atomic E-state index is 0.0276. The van der Waals surface area contributed by atoms with Gasteiger partial charge in [-0.05, 0) is 35.2 Å². The quantitative estimate of drug-likeness (QED) is 0.153. The van der Waals surface area contributed by atoms with Crippen LogP contribution in [0.15, 0.2) is 52.4 Å². The number of carbonyl (C=O) groups is 2. The molecule has 0 aliphatic carbocycles. The molecule has 0 fully saturated rings. The highest BCUT2D eigenvalue weighted by Crippen LogP contribution is 2.40. The van der Waals surface area contributed by atoms with Crippen LogP contribution < -0.4 is 19.9 Å². The largest absolute Gasteiger partial charge is 0.427 e. The van der Waals surface area contributed by atoms with Crippen LogP contribution in [0.1, 0.15) is 25.6 Å². The number of nitrogens with one attached hydrogen (secondary N) is 1. The van der Waals surface area contributed by atoms with Crippen molar-refractivity contribution in [3.05, 3.63) is 68.5 Å². The maximum atomic E-state index is 13.1. The number of anilines is 1. The normalized spacial score (nSPS) is 14.3. The molecule has 2 heterocycles. The van der Waals surface area contributed by atoms with E-state index in [1.807, 2.05) is 0 Å². The molecule has 0 unspecified atom stereocenters. The predicted octanol–water partition coefficient (Wildman–Crippen LogP) is 2.19. The molecule has 1 aliphatic rings. The van der Waals surface area contributed by atoms with Crippen LogP contribution in [0.3, 0.4) is 0 Å². The van der Waals surface area contributed by atoms with Crippen molar-refractivity contribution in [1.82, 2.24) is 10.1 Å². The van der Waals surface area contributed by atoms with E-state index in [1.54, 1.807) is 30.5 Å². The number of aromatic amines is 1. The van der Waals surface area contributed by atoms with E-state index in [4.69, 9.17) is 4.74 Å². The lowest BCUT2D eigenvalue weighted by molar-refractivity contribution is -0.763. The van der Waals surface area contributed by atoms with Crippen molar-refractivity contribution in [2.45, 2.75) is 25.2 Å². The molecule has 11 nitrogen and oxygen atoms in total. The molecule has 0 bridgehead atoms. The van der Waals surface area contributed by atoms with Crippen LogP contribution in [-0.2, 0) is 9.59 Å². The summed E-state index contributed by atoms with van der Waals surface area (Å²) in [5.41, 5.74) is 0.218. The van der Waals surface area contributed by atoms with E-state index in [0.717, 1.165) is 0 Å². The van der Waals surface area contributed by atoms with Crippen molar-refractivity contribution in [2.24, 2.45) is 0 Å². The molecule has 0 radical (unpaired) electrons. The van der Waals surface area contributed by atoms with Crippen molar-refractivity contribution in [3.63, 3.8) is 0 Å². The van der Waals surface area contributed by atoms with Gasteiger partial charge in [0.15, 0.2) is 0 Å². The number of nitro groups is 1. The van der Waals surface area contributed by atoms with Crippen LogP contribution in [0.4, 0.5) is 11.4 Å². The van der Waals surface area contributed by atoms with Gasteiger partial charge in [0, 0.05) is 25.0 Å². The highest BCUT2D eigenvalue weighted by atomic mass is 32.2. The fraction of sp³-hybridized carbons (Fsp3) is 0.190. The van der Waals surface area contributed by atoms with Gasteiger partial charge in [-0.25, -0.2) is 4.90 Å². The summed E-state index contributed by atoms with van der Waals surface area (Å²) in [6, 6.07) is 10.5. The van der Waals surface area contributed by atoms with Crippen molar-refractivity contribution in [3.8, 4) is 17.0 Å². The second-order valence-electron chi connectivity index (χ2n) is 7.11. The van der Waals surface area contributed by atoms with Crippen LogP contribution in [-0.4, -0.2) is 33.1 Å². The molecule has 2 aromatic carbocycles. The Hall–Kier alpha value is -4.06. The van der Waals surface area contributed by atoms with Crippen LogP contribution in [0.2, 0.25) is 0 Å². The summed E-state index contributed by atoms with van der Waals surface area (Å²) in [4.78, 5) is 52.8. The van der Waals surface area contributed by atoms with Crippen LogP contribution in [0, 0.1) is 10.1 Å². The third-order valence-corrected chi connectivity index (χ3v) is 5.60. The molecule has 0 spiro atoms. The Morgan fingerprint density at radius 1 is 1.24 bits per heavy atom. The summed E-state index contributed by atoms with van der Waals surface area (Å²) in [6.07, 6.45) is 0.528. The number of nitrogens with zero attached hydrogens (tertiary/aromatic N) is 4. The number of fused-ring (bicyclic) bond motifs is 3. The van der Waals surface area contributed by atoms with Crippen molar-refractivity contribution in [1.29, 1.82) is 0 Å². The van der Waals surface area contributed by atoms with E-state index in [-0.39, 0.29) is 27.9 Å². The number of carbonyl (C=O) groups excluding carboxylic acids is 2. The van der Waals surface area contributed by atoms with E-state index in [0.29, 0.717) is 11.3 Å². The molecule has 33 heavy (non-hydrogen) atoms. The monoisotopic (exact) mass is 468 g/mol. The summed E-state index contributed by atoms with van der Waals surface area (Å²) in [5, 5.41) is 16.6. The van der Waals surface area contributed by atoms with Crippen LogP contribution in [0.25, 0.3) is 11.3 Å². The number of benzene rings is 2. The van der Waals surface area contributed by atoms with Gasteiger partial charge in [0.1, 0.15) is 11.3 Å². The van der Waals surface area contributed by atoms with Crippen molar-refractivity contribution < 1.29 is 23.9 Å². The first kappa shape index (κ1) is 22.1. The molecule has 3 aromatic rings. The summed E-state index contributed by atoms with van der Waals surface area (Å²) in [7, 11) is 0. The van der Waals surface area contributed by atoms with Crippen LogP contribution in [0.5, 0.6) is 5.75 Å². The van der Waals surface area contributed by atoms with Crippen molar-refractivity contribution >= 4 is 35.0 Å². The first-order valence-electron chi connectivity index (χ1n) is 9.69. The molecular weight excluding hydrogens is 450 g/mol. The fourth-order valence-electron chi connectivity index (χ4n) is 3.82. The number of H-pyrrole nitrogens is 1. The fourth-order valence-corrected chi connectivity index (χ4v) is 4.19. The smallest absolute Gasteiger partial charge is 0.325 e. The predicted molar refractivity (Wildman–Crippen MR) is 118 cm³/mol. The highest BCUT2D eigenvalue weighted by molar-refractivity contribution is 7.98.